The molecule has 9 heteroatoms. The van der Waals surface area contributed by atoms with Gasteiger partial charge in [0.1, 0.15) is 5.82 Å². The van der Waals surface area contributed by atoms with Gasteiger partial charge in [0.25, 0.3) is 0 Å². The van der Waals surface area contributed by atoms with Gasteiger partial charge in [0.2, 0.25) is 17.8 Å². The van der Waals surface area contributed by atoms with E-state index in [0.29, 0.717) is 35.4 Å². The molecule has 4 rings (SSSR count). The first-order valence-corrected chi connectivity index (χ1v) is 10.9. The molecule has 32 heavy (non-hydrogen) atoms. The van der Waals surface area contributed by atoms with Crippen molar-refractivity contribution in [2.75, 3.05) is 29.7 Å². The van der Waals surface area contributed by atoms with Gasteiger partial charge in [-0.25, -0.2) is 9.37 Å². The molecule has 8 nitrogen and oxygen atoms in total. The minimum absolute atomic E-state index is 0.178. The van der Waals surface area contributed by atoms with Crippen LogP contribution in [0.1, 0.15) is 38.5 Å². The molecule has 3 aromatic rings. The van der Waals surface area contributed by atoms with E-state index in [9.17, 15) is 4.39 Å². The average molecular weight is 438 g/mol. The van der Waals surface area contributed by atoms with E-state index in [0.717, 1.165) is 12.8 Å². The van der Waals surface area contributed by atoms with Crippen molar-refractivity contribution in [3.05, 3.63) is 48.4 Å². The SMILES string of the molecule is COc1ccc(Nc2nc(NC3CCCCCC3)nc(N(C)c3ccccn3)n2)cc1F. The van der Waals surface area contributed by atoms with E-state index in [1.54, 1.807) is 23.2 Å². The Morgan fingerprint density at radius 1 is 1.00 bits per heavy atom. The molecule has 0 atom stereocenters. The molecule has 0 unspecified atom stereocenters. The summed E-state index contributed by atoms with van der Waals surface area (Å²) in [6.45, 7) is 0. The van der Waals surface area contributed by atoms with Crippen LogP contribution in [0.5, 0.6) is 5.75 Å². The molecule has 1 aromatic carbocycles. The molecule has 0 saturated heterocycles. The van der Waals surface area contributed by atoms with Gasteiger partial charge in [0, 0.05) is 31.0 Å². The number of aromatic nitrogens is 4. The second kappa shape index (κ2) is 10.2. The van der Waals surface area contributed by atoms with Crippen molar-refractivity contribution in [3.8, 4) is 5.75 Å². The number of pyridine rings is 1. The molecule has 1 aliphatic rings. The molecule has 0 bridgehead atoms. The van der Waals surface area contributed by atoms with Crippen LogP contribution in [0.25, 0.3) is 0 Å². The van der Waals surface area contributed by atoms with Crippen molar-refractivity contribution in [2.24, 2.45) is 0 Å². The zero-order valence-corrected chi connectivity index (χ0v) is 18.4. The molecule has 2 N–H and O–H groups in total. The Kier molecular flexibility index (Phi) is 6.94. The summed E-state index contributed by atoms with van der Waals surface area (Å²) in [6, 6.07) is 10.6. The summed E-state index contributed by atoms with van der Waals surface area (Å²) >= 11 is 0. The Labute approximate surface area is 187 Å². The van der Waals surface area contributed by atoms with Gasteiger partial charge >= 0.3 is 0 Å². The molecule has 1 fully saturated rings. The highest BCUT2D eigenvalue weighted by Crippen LogP contribution is 2.26. The number of nitrogens with zero attached hydrogens (tertiary/aromatic N) is 5. The number of methoxy groups -OCH3 is 1. The maximum atomic E-state index is 14.2. The summed E-state index contributed by atoms with van der Waals surface area (Å²) in [5.41, 5.74) is 0.515. The summed E-state index contributed by atoms with van der Waals surface area (Å²) in [4.78, 5) is 19.9. The van der Waals surface area contributed by atoms with Crippen LogP contribution in [0.2, 0.25) is 0 Å². The summed E-state index contributed by atoms with van der Waals surface area (Å²) in [6.07, 6.45) is 8.81. The second-order valence-corrected chi connectivity index (χ2v) is 7.84. The molecule has 0 amide bonds. The smallest absolute Gasteiger partial charge is 0.237 e. The van der Waals surface area contributed by atoms with Crippen LogP contribution in [0.4, 0.5) is 33.7 Å². The Morgan fingerprint density at radius 2 is 1.78 bits per heavy atom. The largest absolute Gasteiger partial charge is 0.494 e. The van der Waals surface area contributed by atoms with E-state index in [4.69, 9.17) is 4.74 Å². The first-order chi connectivity index (χ1) is 15.6. The number of rotatable bonds is 7. The number of halogens is 1. The highest BCUT2D eigenvalue weighted by Gasteiger charge is 2.17. The number of hydrogen-bond acceptors (Lipinski definition) is 8. The summed E-state index contributed by atoms with van der Waals surface area (Å²) in [7, 11) is 3.28. The summed E-state index contributed by atoms with van der Waals surface area (Å²) < 4.78 is 19.2. The fraction of sp³-hybridized carbons (Fsp3) is 0.391. The molecule has 0 spiro atoms. The molecule has 1 saturated carbocycles. The molecule has 1 aliphatic carbocycles. The van der Waals surface area contributed by atoms with Crippen LogP contribution >= 0.6 is 0 Å². The van der Waals surface area contributed by atoms with Gasteiger partial charge in [-0.3, -0.25) is 4.90 Å². The Hall–Kier alpha value is -3.49. The first kappa shape index (κ1) is 21.7. The predicted molar refractivity (Wildman–Crippen MR) is 123 cm³/mol. The van der Waals surface area contributed by atoms with Gasteiger partial charge < -0.3 is 15.4 Å². The Morgan fingerprint density at radius 3 is 2.47 bits per heavy atom. The maximum absolute atomic E-state index is 14.2. The third-order valence-corrected chi connectivity index (χ3v) is 5.51. The fourth-order valence-electron chi connectivity index (χ4n) is 3.77. The normalized spacial score (nSPS) is 14.5. The van der Waals surface area contributed by atoms with Crippen LogP contribution in [0.3, 0.4) is 0 Å². The van der Waals surface area contributed by atoms with E-state index < -0.39 is 5.82 Å². The fourth-order valence-corrected chi connectivity index (χ4v) is 3.77. The topological polar surface area (TPSA) is 88.1 Å². The summed E-state index contributed by atoms with van der Waals surface area (Å²) in [5, 5.41) is 6.57. The molecule has 0 radical (unpaired) electrons. The van der Waals surface area contributed by atoms with Crippen molar-refractivity contribution >= 4 is 29.4 Å². The lowest BCUT2D eigenvalue weighted by Gasteiger charge is -2.20. The van der Waals surface area contributed by atoms with E-state index >= 15 is 0 Å². The molecule has 168 valence electrons. The first-order valence-electron chi connectivity index (χ1n) is 10.9. The number of anilines is 5. The van der Waals surface area contributed by atoms with Gasteiger partial charge in [0.05, 0.1) is 7.11 Å². The number of hydrogen-bond donors (Lipinski definition) is 2. The number of ether oxygens (including phenoxy) is 1. The van der Waals surface area contributed by atoms with E-state index in [2.05, 4.69) is 30.6 Å². The van der Waals surface area contributed by atoms with Gasteiger partial charge in [-0.05, 0) is 37.1 Å². The monoisotopic (exact) mass is 437 g/mol. The highest BCUT2D eigenvalue weighted by atomic mass is 19.1. The van der Waals surface area contributed by atoms with E-state index in [1.165, 1.54) is 38.9 Å². The lowest BCUT2D eigenvalue weighted by molar-refractivity contribution is 0.386. The minimum atomic E-state index is -0.464. The maximum Gasteiger partial charge on any atom is 0.237 e. The quantitative estimate of drug-likeness (QED) is 0.496. The van der Waals surface area contributed by atoms with Crippen molar-refractivity contribution in [1.29, 1.82) is 0 Å². The molecule has 2 heterocycles. The third kappa shape index (κ3) is 5.40. The molecule has 2 aromatic heterocycles. The van der Waals surface area contributed by atoms with Crippen LogP contribution in [-0.4, -0.2) is 40.1 Å². The minimum Gasteiger partial charge on any atom is -0.494 e. The third-order valence-electron chi connectivity index (χ3n) is 5.51. The zero-order chi connectivity index (χ0) is 22.3. The summed E-state index contributed by atoms with van der Waals surface area (Å²) in [5.74, 6) is 1.66. The van der Waals surface area contributed by atoms with E-state index in [-0.39, 0.29) is 5.75 Å². The second-order valence-electron chi connectivity index (χ2n) is 7.84. The van der Waals surface area contributed by atoms with E-state index in [1.807, 2.05) is 25.2 Å². The van der Waals surface area contributed by atoms with Crippen molar-refractivity contribution in [1.82, 2.24) is 19.9 Å². The Balaban J connectivity index is 1.64. The van der Waals surface area contributed by atoms with Crippen molar-refractivity contribution in [3.63, 3.8) is 0 Å². The number of nitrogens with one attached hydrogen (secondary N) is 2. The van der Waals surface area contributed by atoms with Crippen LogP contribution in [0, 0.1) is 5.82 Å². The van der Waals surface area contributed by atoms with Crippen LogP contribution < -0.4 is 20.3 Å². The lowest BCUT2D eigenvalue weighted by atomic mass is 10.1. The highest BCUT2D eigenvalue weighted by molar-refractivity contribution is 5.59. The van der Waals surface area contributed by atoms with Gasteiger partial charge in [-0.2, -0.15) is 15.0 Å². The van der Waals surface area contributed by atoms with Crippen molar-refractivity contribution in [2.45, 2.75) is 44.6 Å². The van der Waals surface area contributed by atoms with Crippen molar-refractivity contribution < 1.29 is 9.13 Å². The lowest BCUT2D eigenvalue weighted by Crippen LogP contribution is -2.22. The molecular weight excluding hydrogens is 409 g/mol. The number of benzene rings is 1. The molecular formula is C23H28FN7O. The molecule has 0 aliphatic heterocycles. The van der Waals surface area contributed by atoms with Crippen LogP contribution in [0.15, 0.2) is 42.6 Å². The predicted octanol–water partition coefficient (Wildman–Crippen LogP) is 5.06. The van der Waals surface area contributed by atoms with Crippen LogP contribution in [-0.2, 0) is 0 Å². The van der Waals surface area contributed by atoms with Gasteiger partial charge in [0.15, 0.2) is 11.6 Å². The average Bonchev–Trinajstić information content (AvgIpc) is 3.08. The standard InChI is InChI=1S/C23H28FN7O/c1-31(20-11-7-8-14-25-20)23-29-21(26-16-9-5-3-4-6-10-16)28-22(30-23)27-17-12-13-19(32-2)18(24)15-17/h7-8,11-16H,3-6,9-10H2,1-2H3,(H2,26,27,28,29,30). The zero-order valence-electron chi connectivity index (χ0n) is 18.4. The van der Waals surface area contributed by atoms with Gasteiger partial charge in [-0.1, -0.05) is 31.7 Å². The Bertz CT molecular complexity index is 1030. The van der Waals surface area contributed by atoms with Gasteiger partial charge in [-0.15, -0.1) is 0 Å².